The molecule has 3 rings (SSSR count). The molecule has 1 aromatic heterocycles. The van der Waals surface area contributed by atoms with Gasteiger partial charge in [0.05, 0.1) is 19.4 Å². The van der Waals surface area contributed by atoms with Crippen LogP contribution in [0.4, 0.5) is 20.3 Å². The van der Waals surface area contributed by atoms with Gasteiger partial charge in [-0.05, 0) is 23.8 Å². The molecule has 1 aliphatic rings. The van der Waals surface area contributed by atoms with Gasteiger partial charge in [-0.1, -0.05) is 12.1 Å². The number of hydrazine groups is 1. The zero-order valence-corrected chi connectivity index (χ0v) is 13.6. The number of pyridine rings is 1. The van der Waals surface area contributed by atoms with Crippen LogP contribution >= 0.6 is 0 Å². The number of benzene rings is 1. The quantitative estimate of drug-likeness (QED) is 0.807. The molecule has 7 heteroatoms. The lowest BCUT2D eigenvalue weighted by Crippen LogP contribution is -2.36. The van der Waals surface area contributed by atoms with Gasteiger partial charge < -0.3 is 9.47 Å². The molecule has 2 heterocycles. The second kappa shape index (κ2) is 7.11. The Morgan fingerprint density at radius 2 is 2.04 bits per heavy atom. The summed E-state index contributed by atoms with van der Waals surface area (Å²) in [6.07, 6.45) is -2.61. The first-order chi connectivity index (χ1) is 11.6. The Morgan fingerprint density at radius 1 is 1.21 bits per heavy atom. The number of hydrogen-bond donors (Lipinski definition) is 0. The van der Waals surface area contributed by atoms with E-state index >= 15 is 0 Å². The topological polar surface area (TPSA) is 37.8 Å². The number of anilines is 2. The van der Waals surface area contributed by atoms with Crippen LogP contribution in [0.1, 0.15) is 17.7 Å². The second-order valence-electron chi connectivity index (χ2n) is 5.41. The number of ether oxygens (including phenoxy) is 2. The van der Waals surface area contributed by atoms with Crippen LogP contribution in [0.5, 0.6) is 5.75 Å². The largest absolute Gasteiger partial charge is 0.497 e. The van der Waals surface area contributed by atoms with Gasteiger partial charge in [-0.3, -0.25) is 5.01 Å². The average molecular weight is 335 g/mol. The predicted molar refractivity (Wildman–Crippen MR) is 86.6 cm³/mol. The minimum atomic E-state index is -2.61. The van der Waals surface area contributed by atoms with Crippen LogP contribution in [0.2, 0.25) is 0 Å². The number of halogens is 2. The molecule has 0 amide bonds. The number of rotatable bonds is 6. The summed E-state index contributed by atoms with van der Waals surface area (Å²) in [5.74, 6) is 1.16. The molecule has 1 aliphatic heterocycles. The zero-order valence-electron chi connectivity index (χ0n) is 13.6. The van der Waals surface area contributed by atoms with Gasteiger partial charge in [0.1, 0.15) is 17.3 Å². The third-order valence-corrected chi connectivity index (χ3v) is 3.91. The zero-order chi connectivity index (χ0) is 17.1. The normalized spacial score (nSPS) is 14.3. The van der Waals surface area contributed by atoms with E-state index in [1.807, 2.05) is 28.2 Å². The van der Waals surface area contributed by atoms with E-state index in [1.54, 1.807) is 26.4 Å². The second-order valence-corrected chi connectivity index (χ2v) is 5.41. The van der Waals surface area contributed by atoms with Crippen LogP contribution in [-0.4, -0.2) is 37.4 Å². The summed E-state index contributed by atoms with van der Waals surface area (Å²) in [6, 6.07) is 10.4. The van der Waals surface area contributed by atoms with Gasteiger partial charge in [0, 0.05) is 26.3 Å². The first kappa shape index (κ1) is 16.6. The van der Waals surface area contributed by atoms with E-state index in [1.165, 1.54) is 6.07 Å². The van der Waals surface area contributed by atoms with Crippen LogP contribution < -0.4 is 9.75 Å². The Kier molecular flexibility index (Phi) is 4.92. The van der Waals surface area contributed by atoms with Crippen molar-refractivity contribution in [2.24, 2.45) is 0 Å². The molecule has 0 atom stereocenters. The highest BCUT2D eigenvalue weighted by molar-refractivity contribution is 5.67. The third-order valence-electron chi connectivity index (χ3n) is 3.91. The Hall–Kier alpha value is -2.25. The lowest BCUT2D eigenvalue weighted by atomic mass is 10.2. The van der Waals surface area contributed by atoms with E-state index in [0.29, 0.717) is 31.3 Å². The van der Waals surface area contributed by atoms with Crippen molar-refractivity contribution >= 4 is 11.5 Å². The van der Waals surface area contributed by atoms with Gasteiger partial charge in [0.15, 0.2) is 0 Å². The Labute approximate surface area is 139 Å². The molecule has 1 aromatic carbocycles. The maximum atomic E-state index is 13.0. The summed E-state index contributed by atoms with van der Waals surface area (Å²) in [7, 11) is 3.23. The molecule has 0 spiro atoms. The molecule has 0 radical (unpaired) electrons. The number of hydrogen-bond acceptors (Lipinski definition) is 5. The molecule has 5 nitrogen and oxygen atoms in total. The van der Waals surface area contributed by atoms with E-state index in [9.17, 15) is 8.78 Å². The Bertz CT molecular complexity index is 712. The first-order valence-electron chi connectivity index (χ1n) is 7.60. The molecule has 0 saturated heterocycles. The molecule has 0 aliphatic carbocycles. The first-order valence-corrected chi connectivity index (χ1v) is 7.60. The minimum absolute atomic E-state index is 0.240. The van der Waals surface area contributed by atoms with Gasteiger partial charge in [-0.25, -0.2) is 18.8 Å². The average Bonchev–Trinajstić information content (AvgIpc) is 2.97. The molecular formula is C17H19F2N3O2. The lowest BCUT2D eigenvalue weighted by molar-refractivity contribution is 0.144. The number of fused-ring (bicyclic) bond motifs is 1. The van der Waals surface area contributed by atoms with Crippen LogP contribution in [0, 0.1) is 0 Å². The fourth-order valence-electron chi connectivity index (χ4n) is 2.74. The van der Waals surface area contributed by atoms with Gasteiger partial charge in [0.2, 0.25) is 0 Å². The van der Waals surface area contributed by atoms with Gasteiger partial charge in [-0.15, -0.1) is 0 Å². The van der Waals surface area contributed by atoms with Crippen LogP contribution in [0.25, 0.3) is 0 Å². The van der Waals surface area contributed by atoms with Crippen molar-refractivity contribution in [1.29, 1.82) is 0 Å². The predicted octanol–water partition coefficient (Wildman–Crippen LogP) is 3.54. The monoisotopic (exact) mass is 335 g/mol. The molecule has 24 heavy (non-hydrogen) atoms. The molecule has 0 saturated carbocycles. The Balaban J connectivity index is 2.02. The van der Waals surface area contributed by atoms with Crippen molar-refractivity contribution in [3.63, 3.8) is 0 Å². The smallest absolute Gasteiger partial charge is 0.280 e. The molecule has 0 fully saturated rings. The molecular weight excluding hydrogens is 316 g/mol. The summed E-state index contributed by atoms with van der Waals surface area (Å²) >= 11 is 0. The van der Waals surface area contributed by atoms with Gasteiger partial charge in [0.25, 0.3) is 6.43 Å². The molecule has 128 valence electrons. The van der Waals surface area contributed by atoms with E-state index in [2.05, 4.69) is 4.98 Å². The van der Waals surface area contributed by atoms with Gasteiger partial charge >= 0.3 is 0 Å². The fraction of sp³-hybridized carbons (Fsp3) is 0.353. The third kappa shape index (κ3) is 3.18. The van der Waals surface area contributed by atoms with Crippen molar-refractivity contribution in [2.75, 3.05) is 32.4 Å². The van der Waals surface area contributed by atoms with Gasteiger partial charge in [-0.2, -0.15) is 0 Å². The summed E-state index contributed by atoms with van der Waals surface area (Å²) in [5, 5.41) is 3.87. The van der Waals surface area contributed by atoms with Crippen LogP contribution in [0.15, 0.2) is 36.4 Å². The van der Waals surface area contributed by atoms with Crippen molar-refractivity contribution in [3.8, 4) is 5.75 Å². The minimum Gasteiger partial charge on any atom is -0.497 e. The summed E-state index contributed by atoms with van der Waals surface area (Å²) < 4.78 is 36.5. The van der Waals surface area contributed by atoms with E-state index in [0.717, 1.165) is 11.3 Å². The van der Waals surface area contributed by atoms with E-state index in [-0.39, 0.29) is 5.69 Å². The van der Waals surface area contributed by atoms with Crippen LogP contribution in [0.3, 0.4) is 0 Å². The molecule has 0 bridgehead atoms. The standard InChI is InChI=1S/C17H19F2N3O2/c1-23-9-8-21-11-12-6-7-13(24-2)10-15(12)22(21)16-5-3-4-14(20-16)17(18)19/h3-7,10,17H,8-9,11H2,1-2H3. The fourth-order valence-corrected chi connectivity index (χ4v) is 2.74. The highest BCUT2D eigenvalue weighted by Crippen LogP contribution is 2.39. The SMILES string of the molecule is COCCN1Cc2ccc(OC)cc2N1c1cccc(C(F)F)n1. The maximum Gasteiger partial charge on any atom is 0.280 e. The number of alkyl halides is 2. The summed E-state index contributed by atoms with van der Waals surface area (Å²) in [6.45, 7) is 1.80. The molecule has 0 unspecified atom stereocenters. The highest BCUT2D eigenvalue weighted by atomic mass is 19.3. The van der Waals surface area contributed by atoms with Crippen LogP contribution in [-0.2, 0) is 11.3 Å². The summed E-state index contributed by atoms with van der Waals surface area (Å²) in [4.78, 5) is 4.12. The molecule has 0 N–H and O–H groups in total. The Morgan fingerprint density at radius 3 is 2.75 bits per heavy atom. The highest BCUT2D eigenvalue weighted by Gasteiger charge is 2.30. The summed E-state index contributed by atoms with van der Waals surface area (Å²) in [5.41, 5.74) is 1.72. The number of nitrogens with zero attached hydrogens (tertiary/aromatic N) is 3. The van der Waals surface area contributed by atoms with Crippen molar-refractivity contribution in [3.05, 3.63) is 47.7 Å². The van der Waals surface area contributed by atoms with Crippen molar-refractivity contribution in [1.82, 2.24) is 9.99 Å². The molecule has 2 aromatic rings. The van der Waals surface area contributed by atoms with E-state index < -0.39 is 6.43 Å². The number of aromatic nitrogens is 1. The lowest BCUT2D eigenvalue weighted by Gasteiger charge is -2.29. The number of methoxy groups -OCH3 is 2. The van der Waals surface area contributed by atoms with Crippen molar-refractivity contribution in [2.45, 2.75) is 13.0 Å². The van der Waals surface area contributed by atoms with Crippen molar-refractivity contribution < 1.29 is 18.3 Å². The maximum absolute atomic E-state index is 13.0. The van der Waals surface area contributed by atoms with E-state index in [4.69, 9.17) is 9.47 Å².